The summed E-state index contributed by atoms with van der Waals surface area (Å²) in [6.45, 7) is 0.348. The second kappa shape index (κ2) is 6.89. The van der Waals surface area contributed by atoms with Gasteiger partial charge in [0.15, 0.2) is 5.16 Å². The van der Waals surface area contributed by atoms with Crippen molar-refractivity contribution in [3.05, 3.63) is 39.9 Å². The van der Waals surface area contributed by atoms with Crippen molar-refractivity contribution >= 4 is 29.4 Å². The minimum atomic E-state index is -0.464. The van der Waals surface area contributed by atoms with E-state index in [2.05, 4.69) is 14.9 Å². The molecule has 9 nitrogen and oxygen atoms in total. The number of hydrogen-bond donors (Lipinski definition) is 1. The molecule has 0 aliphatic heterocycles. The maximum atomic E-state index is 11.2. The molecule has 0 aliphatic carbocycles. The third-order valence-corrected chi connectivity index (χ3v) is 3.72. The van der Waals surface area contributed by atoms with Gasteiger partial charge in [0.2, 0.25) is 5.95 Å². The molecule has 0 fully saturated rings. The number of nitro groups is 1. The summed E-state index contributed by atoms with van der Waals surface area (Å²) in [7, 11) is 1.30. The lowest BCUT2D eigenvalue weighted by molar-refractivity contribution is -0.384. The second-order valence-corrected chi connectivity index (χ2v) is 5.16. The third-order valence-electron chi connectivity index (χ3n) is 2.78. The maximum Gasteiger partial charge on any atom is 0.316 e. The average Bonchev–Trinajstić information content (AvgIpc) is 2.86. The molecule has 22 heavy (non-hydrogen) atoms. The van der Waals surface area contributed by atoms with Gasteiger partial charge in [-0.05, 0) is 5.56 Å². The van der Waals surface area contributed by atoms with Gasteiger partial charge < -0.3 is 10.5 Å². The topological polar surface area (TPSA) is 126 Å². The first-order chi connectivity index (χ1) is 10.5. The molecular formula is C12H13N5O4S. The molecule has 1 heterocycles. The van der Waals surface area contributed by atoms with Crippen LogP contribution < -0.4 is 5.73 Å². The number of hydrogen-bond acceptors (Lipinski definition) is 8. The van der Waals surface area contributed by atoms with E-state index >= 15 is 0 Å². The zero-order chi connectivity index (χ0) is 16.1. The highest BCUT2D eigenvalue weighted by Crippen LogP contribution is 2.20. The molecule has 10 heteroatoms. The van der Waals surface area contributed by atoms with Gasteiger partial charge >= 0.3 is 5.97 Å². The Labute approximate surface area is 129 Å². The van der Waals surface area contributed by atoms with Crippen molar-refractivity contribution in [2.75, 3.05) is 18.6 Å². The van der Waals surface area contributed by atoms with Gasteiger partial charge in [-0.15, -0.1) is 10.2 Å². The Bertz CT molecular complexity index is 685. The minimum Gasteiger partial charge on any atom is -0.468 e. The number of nitrogen functional groups attached to an aromatic ring is 1. The summed E-state index contributed by atoms with van der Waals surface area (Å²) < 4.78 is 6.18. The Hall–Kier alpha value is -2.62. The van der Waals surface area contributed by atoms with E-state index in [1.807, 2.05) is 0 Å². The number of non-ortho nitro benzene ring substituents is 1. The van der Waals surface area contributed by atoms with Gasteiger partial charge in [0.1, 0.15) is 0 Å². The van der Waals surface area contributed by atoms with Crippen molar-refractivity contribution in [1.82, 2.24) is 14.8 Å². The molecule has 0 unspecified atom stereocenters. The van der Waals surface area contributed by atoms with Gasteiger partial charge in [0.05, 0.1) is 24.3 Å². The highest BCUT2D eigenvalue weighted by atomic mass is 32.2. The number of benzene rings is 1. The fourth-order valence-corrected chi connectivity index (χ4v) is 2.42. The van der Waals surface area contributed by atoms with E-state index in [4.69, 9.17) is 5.73 Å². The molecule has 0 saturated carbocycles. The highest BCUT2D eigenvalue weighted by Gasteiger charge is 2.13. The molecule has 0 amide bonds. The number of nitrogens with zero attached hydrogens (tertiary/aromatic N) is 4. The molecule has 2 aromatic rings. The maximum absolute atomic E-state index is 11.2. The molecule has 1 aromatic carbocycles. The Balaban J connectivity index is 2.13. The van der Waals surface area contributed by atoms with E-state index in [1.54, 1.807) is 16.7 Å². The lowest BCUT2D eigenvalue weighted by Gasteiger charge is -2.07. The molecule has 0 aliphatic rings. The van der Waals surface area contributed by atoms with Crippen molar-refractivity contribution in [3.8, 4) is 0 Å². The lowest BCUT2D eigenvalue weighted by atomic mass is 10.2. The first kappa shape index (κ1) is 15.8. The molecule has 0 bridgehead atoms. The van der Waals surface area contributed by atoms with E-state index in [-0.39, 0.29) is 23.4 Å². The predicted octanol–water partition coefficient (Wildman–Crippen LogP) is 1.08. The Morgan fingerprint density at radius 1 is 1.41 bits per heavy atom. The Morgan fingerprint density at radius 2 is 2.09 bits per heavy atom. The highest BCUT2D eigenvalue weighted by molar-refractivity contribution is 7.99. The molecular weight excluding hydrogens is 310 g/mol. The molecule has 0 saturated heterocycles. The van der Waals surface area contributed by atoms with Crippen LogP contribution in [0.2, 0.25) is 0 Å². The third kappa shape index (κ3) is 3.73. The van der Waals surface area contributed by atoms with Gasteiger partial charge in [-0.25, -0.2) is 0 Å². The summed E-state index contributed by atoms with van der Waals surface area (Å²) in [4.78, 5) is 21.3. The monoisotopic (exact) mass is 323 g/mol. The fourth-order valence-electron chi connectivity index (χ4n) is 1.64. The second-order valence-electron chi connectivity index (χ2n) is 4.22. The SMILES string of the molecule is COC(=O)CSc1nnc(N)n1Cc1ccc([N+](=O)[O-])cc1. The van der Waals surface area contributed by atoms with Gasteiger partial charge in [0, 0.05) is 12.1 Å². The van der Waals surface area contributed by atoms with E-state index < -0.39 is 4.92 Å². The van der Waals surface area contributed by atoms with Crippen molar-refractivity contribution in [2.24, 2.45) is 0 Å². The molecule has 116 valence electrons. The van der Waals surface area contributed by atoms with Crippen LogP contribution in [0, 0.1) is 10.1 Å². The first-order valence-electron chi connectivity index (χ1n) is 6.13. The van der Waals surface area contributed by atoms with Crippen molar-refractivity contribution in [1.29, 1.82) is 0 Å². The molecule has 2 N–H and O–H groups in total. The smallest absolute Gasteiger partial charge is 0.316 e. The number of nitro benzene ring substituents is 1. The van der Waals surface area contributed by atoms with Crippen LogP contribution in [-0.4, -0.2) is 38.5 Å². The first-order valence-corrected chi connectivity index (χ1v) is 7.11. The number of nitrogens with two attached hydrogens (primary N) is 1. The van der Waals surface area contributed by atoms with Crippen LogP contribution >= 0.6 is 11.8 Å². The zero-order valence-corrected chi connectivity index (χ0v) is 12.4. The quantitative estimate of drug-likeness (QED) is 0.362. The predicted molar refractivity (Wildman–Crippen MR) is 79.4 cm³/mol. The van der Waals surface area contributed by atoms with E-state index in [9.17, 15) is 14.9 Å². The number of aromatic nitrogens is 3. The van der Waals surface area contributed by atoms with E-state index in [1.165, 1.54) is 19.2 Å². The standard InChI is InChI=1S/C12H13N5O4S/c1-21-10(18)7-22-12-15-14-11(13)16(12)6-8-2-4-9(5-3-8)17(19)20/h2-5H,6-7H2,1H3,(H2,13,14). The molecule has 2 rings (SSSR count). The van der Waals surface area contributed by atoms with Gasteiger partial charge in [-0.3, -0.25) is 19.5 Å². The summed E-state index contributed by atoms with van der Waals surface area (Å²) in [6, 6.07) is 6.09. The number of ether oxygens (including phenoxy) is 1. The number of methoxy groups -OCH3 is 1. The van der Waals surface area contributed by atoms with Crippen LogP contribution in [0.25, 0.3) is 0 Å². The number of carbonyl (C=O) groups is 1. The molecule has 1 aromatic heterocycles. The Morgan fingerprint density at radius 3 is 2.68 bits per heavy atom. The normalized spacial score (nSPS) is 10.4. The average molecular weight is 323 g/mol. The van der Waals surface area contributed by atoms with Crippen LogP contribution in [0.5, 0.6) is 0 Å². The number of esters is 1. The lowest BCUT2D eigenvalue weighted by Crippen LogP contribution is -2.08. The van der Waals surface area contributed by atoms with Crippen molar-refractivity contribution in [3.63, 3.8) is 0 Å². The summed E-state index contributed by atoms with van der Waals surface area (Å²) in [5.74, 6) is -0.0892. The van der Waals surface area contributed by atoms with Gasteiger partial charge in [0.25, 0.3) is 5.69 Å². The molecule has 0 spiro atoms. The van der Waals surface area contributed by atoms with Crippen molar-refractivity contribution < 1.29 is 14.5 Å². The fraction of sp³-hybridized carbons (Fsp3) is 0.250. The van der Waals surface area contributed by atoms with Crippen LogP contribution in [0.1, 0.15) is 5.56 Å². The van der Waals surface area contributed by atoms with E-state index in [0.29, 0.717) is 11.7 Å². The van der Waals surface area contributed by atoms with Gasteiger partial charge in [-0.1, -0.05) is 23.9 Å². The summed E-state index contributed by atoms with van der Waals surface area (Å²) in [5.41, 5.74) is 6.58. The zero-order valence-electron chi connectivity index (χ0n) is 11.6. The van der Waals surface area contributed by atoms with E-state index in [0.717, 1.165) is 17.3 Å². The van der Waals surface area contributed by atoms with Crippen LogP contribution in [-0.2, 0) is 16.1 Å². The number of rotatable bonds is 6. The largest absolute Gasteiger partial charge is 0.468 e. The van der Waals surface area contributed by atoms with Gasteiger partial charge in [-0.2, -0.15) is 0 Å². The van der Waals surface area contributed by atoms with Crippen LogP contribution in [0.3, 0.4) is 0 Å². The number of thioether (sulfide) groups is 1. The number of carbonyl (C=O) groups excluding carboxylic acids is 1. The Kier molecular flexibility index (Phi) is 4.94. The molecule has 0 radical (unpaired) electrons. The summed E-state index contributed by atoms with van der Waals surface area (Å²) >= 11 is 1.15. The molecule has 0 atom stereocenters. The summed E-state index contributed by atoms with van der Waals surface area (Å²) in [5, 5.41) is 18.8. The summed E-state index contributed by atoms with van der Waals surface area (Å²) in [6.07, 6.45) is 0. The van der Waals surface area contributed by atoms with Crippen LogP contribution in [0.4, 0.5) is 11.6 Å². The minimum absolute atomic E-state index is 0.0146. The van der Waals surface area contributed by atoms with Crippen LogP contribution in [0.15, 0.2) is 29.4 Å². The van der Waals surface area contributed by atoms with Crippen molar-refractivity contribution in [2.45, 2.75) is 11.7 Å². The number of anilines is 1.